The van der Waals surface area contributed by atoms with Gasteiger partial charge in [-0.15, -0.1) is 0 Å². The van der Waals surface area contributed by atoms with Gasteiger partial charge in [-0.2, -0.15) is 0 Å². The zero-order valence-electron chi connectivity index (χ0n) is 12.4. The Morgan fingerprint density at radius 3 is 2.72 bits per heavy atom. The normalized spacial score (nSPS) is 35.0. The molecule has 3 nitrogen and oxygen atoms in total. The van der Waals surface area contributed by atoms with Crippen LogP contribution in [0.4, 0.5) is 0 Å². The Bertz CT molecular complexity index is 272. The first-order valence-electron chi connectivity index (χ1n) is 7.42. The molecule has 3 heteroatoms. The summed E-state index contributed by atoms with van der Waals surface area (Å²) in [4.78, 5) is 0. The largest absolute Gasteiger partial charge is 0.378 e. The second-order valence-electron chi connectivity index (χ2n) is 6.70. The van der Waals surface area contributed by atoms with Gasteiger partial charge in [0.05, 0.1) is 12.2 Å². The van der Waals surface area contributed by atoms with Gasteiger partial charge in [0.25, 0.3) is 0 Å². The molecule has 18 heavy (non-hydrogen) atoms. The summed E-state index contributed by atoms with van der Waals surface area (Å²) in [7, 11) is 2.11. The second kappa shape index (κ2) is 5.48. The number of ether oxygens (including phenoxy) is 2. The quantitative estimate of drug-likeness (QED) is 0.837. The van der Waals surface area contributed by atoms with E-state index in [1.54, 1.807) is 0 Å². The third kappa shape index (κ3) is 2.73. The highest BCUT2D eigenvalue weighted by Crippen LogP contribution is 2.41. The van der Waals surface area contributed by atoms with Crippen LogP contribution in [0, 0.1) is 11.3 Å². The van der Waals surface area contributed by atoms with Crippen molar-refractivity contribution < 1.29 is 9.47 Å². The molecule has 3 unspecified atom stereocenters. The standard InChI is InChI=1S/C15H29NO2/c1-5-14(2,3)13(16-4)12-6-8-18-15(10-12)7-9-17-11-15/h12-13,16H,5-11H2,1-4H3. The van der Waals surface area contributed by atoms with Gasteiger partial charge in [-0.3, -0.25) is 0 Å². The van der Waals surface area contributed by atoms with Gasteiger partial charge in [0.15, 0.2) is 0 Å². The van der Waals surface area contributed by atoms with Crippen LogP contribution in [0.15, 0.2) is 0 Å². The predicted molar refractivity (Wildman–Crippen MR) is 73.8 cm³/mol. The van der Waals surface area contributed by atoms with Gasteiger partial charge in [-0.25, -0.2) is 0 Å². The Morgan fingerprint density at radius 1 is 1.39 bits per heavy atom. The Labute approximate surface area is 112 Å². The third-order valence-electron chi connectivity index (χ3n) is 5.13. The molecule has 1 spiro atoms. The van der Waals surface area contributed by atoms with E-state index in [4.69, 9.17) is 9.47 Å². The molecule has 0 aromatic rings. The molecule has 3 atom stereocenters. The molecular weight excluding hydrogens is 226 g/mol. The molecule has 2 rings (SSSR count). The highest BCUT2D eigenvalue weighted by Gasteiger charge is 2.45. The van der Waals surface area contributed by atoms with Gasteiger partial charge in [0.2, 0.25) is 0 Å². The smallest absolute Gasteiger partial charge is 0.0939 e. The minimum atomic E-state index is 0.0296. The first-order chi connectivity index (χ1) is 8.53. The van der Waals surface area contributed by atoms with Crippen molar-refractivity contribution in [2.24, 2.45) is 11.3 Å². The molecule has 0 bridgehead atoms. The lowest BCUT2D eigenvalue weighted by Gasteiger charge is -2.45. The van der Waals surface area contributed by atoms with Gasteiger partial charge < -0.3 is 14.8 Å². The predicted octanol–water partition coefficient (Wildman–Crippen LogP) is 2.60. The van der Waals surface area contributed by atoms with Crippen LogP contribution < -0.4 is 5.32 Å². The highest BCUT2D eigenvalue weighted by atomic mass is 16.6. The Kier molecular flexibility index (Phi) is 4.35. The van der Waals surface area contributed by atoms with Crippen molar-refractivity contribution in [2.75, 3.05) is 26.9 Å². The van der Waals surface area contributed by atoms with Gasteiger partial charge in [0.1, 0.15) is 0 Å². The Morgan fingerprint density at radius 2 is 2.17 bits per heavy atom. The van der Waals surface area contributed by atoms with Crippen LogP contribution in [0.1, 0.15) is 46.5 Å². The van der Waals surface area contributed by atoms with Crippen molar-refractivity contribution in [1.29, 1.82) is 0 Å². The maximum atomic E-state index is 6.04. The number of hydrogen-bond donors (Lipinski definition) is 1. The van der Waals surface area contributed by atoms with E-state index in [2.05, 4.69) is 33.1 Å². The average Bonchev–Trinajstić information content (AvgIpc) is 2.78. The van der Waals surface area contributed by atoms with Crippen molar-refractivity contribution >= 4 is 0 Å². The van der Waals surface area contributed by atoms with Gasteiger partial charge in [-0.05, 0) is 37.6 Å². The molecule has 2 aliphatic rings. The SMILES string of the molecule is CCC(C)(C)C(NC)C1CCOC2(CCOC2)C1. The number of nitrogens with one attached hydrogen (secondary N) is 1. The van der Waals surface area contributed by atoms with E-state index in [1.165, 1.54) is 12.8 Å². The fourth-order valence-corrected chi connectivity index (χ4v) is 3.70. The van der Waals surface area contributed by atoms with E-state index in [9.17, 15) is 0 Å². The van der Waals surface area contributed by atoms with E-state index in [0.29, 0.717) is 17.4 Å². The molecule has 0 aromatic carbocycles. The van der Waals surface area contributed by atoms with E-state index in [0.717, 1.165) is 32.7 Å². The van der Waals surface area contributed by atoms with Crippen LogP contribution >= 0.6 is 0 Å². The van der Waals surface area contributed by atoms with Gasteiger partial charge >= 0.3 is 0 Å². The molecule has 0 radical (unpaired) electrons. The van der Waals surface area contributed by atoms with Crippen LogP contribution in [-0.2, 0) is 9.47 Å². The maximum absolute atomic E-state index is 6.04. The van der Waals surface area contributed by atoms with Crippen molar-refractivity contribution in [3.8, 4) is 0 Å². The molecule has 0 saturated carbocycles. The van der Waals surface area contributed by atoms with Crippen molar-refractivity contribution in [2.45, 2.75) is 58.1 Å². The lowest BCUT2D eigenvalue weighted by Crippen LogP contribution is -2.51. The lowest BCUT2D eigenvalue weighted by molar-refractivity contribution is -0.108. The van der Waals surface area contributed by atoms with Crippen LogP contribution in [0.3, 0.4) is 0 Å². The minimum Gasteiger partial charge on any atom is -0.378 e. The van der Waals surface area contributed by atoms with Crippen molar-refractivity contribution in [1.82, 2.24) is 5.32 Å². The first-order valence-corrected chi connectivity index (χ1v) is 7.42. The zero-order chi connectivity index (χ0) is 13.2. The molecule has 2 saturated heterocycles. The highest BCUT2D eigenvalue weighted by molar-refractivity contribution is 4.97. The van der Waals surface area contributed by atoms with Crippen LogP contribution in [-0.4, -0.2) is 38.5 Å². The number of hydrogen-bond acceptors (Lipinski definition) is 3. The first kappa shape index (κ1) is 14.3. The summed E-state index contributed by atoms with van der Waals surface area (Å²) in [6.07, 6.45) is 4.62. The zero-order valence-corrected chi connectivity index (χ0v) is 12.4. The van der Waals surface area contributed by atoms with E-state index in [-0.39, 0.29) is 5.60 Å². The topological polar surface area (TPSA) is 30.5 Å². The molecule has 1 N–H and O–H groups in total. The Hall–Kier alpha value is -0.120. The Balaban J connectivity index is 2.07. The molecule has 2 fully saturated rings. The second-order valence-corrected chi connectivity index (χ2v) is 6.70. The molecule has 106 valence electrons. The number of rotatable bonds is 4. The molecule has 2 aliphatic heterocycles. The molecule has 0 aliphatic carbocycles. The average molecular weight is 255 g/mol. The third-order valence-corrected chi connectivity index (χ3v) is 5.13. The summed E-state index contributed by atoms with van der Waals surface area (Å²) in [5.74, 6) is 0.709. The van der Waals surface area contributed by atoms with Crippen molar-refractivity contribution in [3.63, 3.8) is 0 Å². The molecule has 0 aromatic heterocycles. The summed E-state index contributed by atoms with van der Waals surface area (Å²) < 4.78 is 11.6. The van der Waals surface area contributed by atoms with E-state index in [1.807, 2.05) is 0 Å². The summed E-state index contributed by atoms with van der Waals surface area (Å²) in [5.41, 5.74) is 0.374. The van der Waals surface area contributed by atoms with Gasteiger partial charge in [0, 0.05) is 25.7 Å². The van der Waals surface area contributed by atoms with Crippen molar-refractivity contribution in [3.05, 3.63) is 0 Å². The summed E-state index contributed by atoms with van der Waals surface area (Å²) in [5, 5.41) is 3.57. The lowest BCUT2D eigenvalue weighted by atomic mass is 9.70. The maximum Gasteiger partial charge on any atom is 0.0939 e. The minimum absolute atomic E-state index is 0.0296. The summed E-state index contributed by atoms with van der Waals surface area (Å²) in [6.45, 7) is 9.60. The fourth-order valence-electron chi connectivity index (χ4n) is 3.70. The van der Waals surface area contributed by atoms with Crippen LogP contribution in [0.2, 0.25) is 0 Å². The summed E-state index contributed by atoms with van der Waals surface area (Å²) >= 11 is 0. The van der Waals surface area contributed by atoms with Crippen LogP contribution in [0.25, 0.3) is 0 Å². The molecular formula is C15H29NO2. The van der Waals surface area contributed by atoms with Crippen LogP contribution in [0.5, 0.6) is 0 Å². The molecule has 2 heterocycles. The van der Waals surface area contributed by atoms with E-state index >= 15 is 0 Å². The molecule has 0 amide bonds. The fraction of sp³-hybridized carbons (Fsp3) is 1.00. The van der Waals surface area contributed by atoms with Gasteiger partial charge in [-0.1, -0.05) is 20.8 Å². The monoisotopic (exact) mass is 255 g/mol. The van der Waals surface area contributed by atoms with E-state index < -0.39 is 0 Å². The summed E-state index contributed by atoms with van der Waals surface area (Å²) in [6, 6.07) is 0.573.